The summed E-state index contributed by atoms with van der Waals surface area (Å²) in [6.07, 6.45) is -10.2. The molecule has 8 nitrogen and oxygen atoms in total. The first kappa shape index (κ1) is 30.0. The molecular weight excluding hydrogens is 632 g/mol. The third kappa shape index (κ3) is 5.66. The number of nitrogens with zero attached hydrogens (tertiary/aromatic N) is 2. The molecule has 2 N–H and O–H groups in total. The summed E-state index contributed by atoms with van der Waals surface area (Å²) < 4.78 is 107. The van der Waals surface area contributed by atoms with Gasteiger partial charge in [0.1, 0.15) is 5.82 Å². The van der Waals surface area contributed by atoms with Gasteiger partial charge in [-0.1, -0.05) is 12.1 Å². The van der Waals surface area contributed by atoms with E-state index in [1.807, 2.05) is 0 Å². The number of halogens is 6. The minimum atomic E-state index is -5.08. The zero-order valence-electron chi connectivity index (χ0n) is 23.9. The molecule has 0 spiro atoms. The molecule has 0 atom stereocenters. The molecule has 5 aromatic rings. The molecule has 0 aliphatic carbocycles. The van der Waals surface area contributed by atoms with Crippen LogP contribution >= 0.6 is 0 Å². The number of primary amides is 1. The normalized spacial score (nSPS) is 13.7. The molecule has 1 aromatic heterocycles. The van der Waals surface area contributed by atoms with Crippen LogP contribution in [0.2, 0.25) is 0 Å². The predicted molar refractivity (Wildman–Crippen MR) is 155 cm³/mol. The molecule has 47 heavy (non-hydrogen) atoms. The van der Waals surface area contributed by atoms with Gasteiger partial charge in [-0.25, -0.2) is 4.98 Å². The average Bonchev–Trinajstić information content (AvgIpc) is 3.78. The van der Waals surface area contributed by atoms with Crippen LogP contribution in [0.25, 0.3) is 33.9 Å². The highest BCUT2D eigenvalue weighted by Gasteiger charge is 2.38. The second-order valence-corrected chi connectivity index (χ2v) is 10.7. The van der Waals surface area contributed by atoms with E-state index in [9.17, 15) is 31.1 Å². The highest BCUT2D eigenvalue weighted by Crippen LogP contribution is 2.45. The van der Waals surface area contributed by atoms with Gasteiger partial charge >= 0.3 is 12.4 Å². The van der Waals surface area contributed by atoms with Gasteiger partial charge in [0.05, 0.1) is 22.5 Å². The molecule has 4 aromatic carbocycles. The Labute approximate surface area is 261 Å². The van der Waals surface area contributed by atoms with E-state index in [0.29, 0.717) is 57.5 Å². The number of hydrogen-bond acceptors (Lipinski definition) is 6. The van der Waals surface area contributed by atoms with Crippen molar-refractivity contribution < 1.29 is 50.1 Å². The monoisotopic (exact) mass is 653 g/mol. The topological polar surface area (TPSA) is 97.8 Å². The maximum atomic E-state index is 14.0. The number of rotatable bonds is 6. The Hall–Kier alpha value is -5.66. The molecule has 7 rings (SSSR count). The largest absolute Gasteiger partial charge is 0.454 e. The van der Waals surface area contributed by atoms with Crippen LogP contribution in [0.1, 0.15) is 27.0 Å². The van der Waals surface area contributed by atoms with E-state index in [1.54, 1.807) is 48.5 Å². The molecule has 14 heteroatoms. The SMILES string of the molecule is NC(=O)c1ccc(Cn2c(-c3cc(C(F)(F)F)cc(C(F)(F)F)c3)nc(-c3ccc4c(c3)OCO4)c2-c2ccc3c(c2)OCO3)cc1. The first-order chi connectivity index (χ1) is 22.3. The van der Waals surface area contributed by atoms with E-state index in [0.717, 1.165) is 0 Å². The Morgan fingerprint density at radius 1 is 0.681 bits per heavy atom. The summed E-state index contributed by atoms with van der Waals surface area (Å²) in [5, 5.41) is 0. The van der Waals surface area contributed by atoms with Crippen molar-refractivity contribution in [1.82, 2.24) is 9.55 Å². The number of ether oxygens (including phenoxy) is 4. The molecule has 1 amide bonds. The fraction of sp³-hybridized carbons (Fsp3) is 0.152. The molecule has 2 aliphatic heterocycles. The number of nitrogens with two attached hydrogens (primary N) is 1. The summed E-state index contributed by atoms with van der Waals surface area (Å²) in [6, 6.07) is 17.4. The van der Waals surface area contributed by atoms with Crippen molar-refractivity contribution in [3.05, 3.63) is 101 Å². The molecule has 0 saturated carbocycles. The van der Waals surface area contributed by atoms with Crippen molar-refractivity contribution in [2.45, 2.75) is 18.9 Å². The molecule has 0 fully saturated rings. The van der Waals surface area contributed by atoms with Gasteiger partial charge in [0.15, 0.2) is 23.0 Å². The lowest BCUT2D eigenvalue weighted by Crippen LogP contribution is -2.12. The lowest BCUT2D eigenvalue weighted by Gasteiger charge is -2.17. The second-order valence-electron chi connectivity index (χ2n) is 10.7. The van der Waals surface area contributed by atoms with Crippen LogP contribution in [-0.2, 0) is 18.9 Å². The Morgan fingerprint density at radius 2 is 1.21 bits per heavy atom. The number of carbonyl (C=O) groups excluding carboxylic acids is 1. The van der Waals surface area contributed by atoms with Crippen LogP contribution in [0, 0.1) is 0 Å². The van der Waals surface area contributed by atoms with Crippen molar-refractivity contribution in [1.29, 1.82) is 0 Å². The summed E-state index contributed by atoms with van der Waals surface area (Å²) in [7, 11) is 0. The van der Waals surface area contributed by atoms with Gasteiger partial charge in [0.25, 0.3) is 0 Å². The second kappa shape index (κ2) is 11.0. The van der Waals surface area contributed by atoms with Gasteiger partial charge < -0.3 is 29.2 Å². The van der Waals surface area contributed by atoms with Gasteiger partial charge in [-0.15, -0.1) is 0 Å². The smallest absolute Gasteiger partial charge is 0.416 e. The number of amides is 1. The van der Waals surface area contributed by atoms with Gasteiger partial charge in [0.2, 0.25) is 19.5 Å². The minimum Gasteiger partial charge on any atom is -0.454 e. The Bertz CT molecular complexity index is 2000. The number of carbonyl (C=O) groups is 1. The van der Waals surface area contributed by atoms with Crippen molar-refractivity contribution in [3.63, 3.8) is 0 Å². The molecule has 0 radical (unpaired) electrons. The van der Waals surface area contributed by atoms with Gasteiger partial charge in [-0.05, 0) is 72.3 Å². The average molecular weight is 654 g/mol. The van der Waals surface area contributed by atoms with Crippen LogP contribution < -0.4 is 24.7 Å². The van der Waals surface area contributed by atoms with Crippen LogP contribution in [0.3, 0.4) is 0 Å². The van der Waals surface area contributed by atoms with Gasteiger partial charge in [-0.3, -0.25) is 4.79 Å². The molecule has 3 heterocycles. The third-order valence-corrected chi connectivity index (χ3v) is 7.68. The predicted octanol–water partition coefficient (Wildman–Crippen LogP) is 7.53. The van der Waals surface area contributed by atoms with Crippen molar-refractivity contribution in [3.8, 4) is 56.9 Å². The van der Waals surface area contributed by atoms with E-state index in [1.165, 1.54) is 16.7 Å². The Balaban J connectivity index is 1.52. The lowest BCUT2D eigenvalue weighted by molar-refractivity contribution is -0.143. The number of fused-ring (bicyclic) bond motifs is 2. The van der Waals surface area contributed by atoms with E-state index in [2.05, 4.69) is 0 Å². The molecule has 0 unspecified atom stereocenters. The fourth-order valence-corrected chi connectivity index (χ4v) is 5.45. The van der Waals surface area contributed by atoms with E-state index in [-0.39, 0.29) is 43.3 Å². The molecule has 2 aliphatic rings. The number of benzene rings is 4. The van der Waals surface area contributed by atoms with Crippen molar-refractivity contribution in [2.24, 2.45) is 5.73 Å². The summed E-state index contributed by atoms with van der Waals surface area (Å²) in [5.41, 5.74) is 4.27. The van der Waals surface area contributed by atoms with E-state index < -0.39 is 35.0 Å². The summed E-state index contributed by atoms with van der Waals surface area (Å²) in [4.78, 5) is 16.4. The first-order valence-electron chi connectivity index (χ1n) is 13.9. The standard InChI is InChI=1S/C33H21F6N3O5/c34-32(35,36)22-9-21(10-23(13-22)33(37,38)39)31-41-28(19-5-7-24-26(11-19)46-15-44-24)29(20-6-8-25-27(12-20)47-16-45-25)42(31)14-17-1-3-18(4-2-17)30(40)43/h1-13H,14-16H2,(H2,40,43). The van der Waals surface area contributed by atoms with Gasteiger partial charge in [0, 0.05) is 28.8 Å². The Kier molecular flexibility index (Phi) is 7.02. The fourth-order valence-electron chi connectivity index (χ4n) is 5.45. The zero-order chi connectivity index (χ0) is 33.1. The lowest BCUT2D eigenvalue weighted by atomic mass is 10.0. The van der Waals surface area contributed by atoms with Crippen molar-refractivity contribution in [2.75, 3.05) is 13.6 Å². The van der Waals surface area contributed by atoms with Crippen LogP contribution in [0.15, 0.2) is 78.9 Å². The minimum absolute atomic E-state index is 0.0285. The third-order valence-electron chi connectivity index (χ3n) is 7.68. The van der Waals surface area contributed by atoms with Crippen LogP contribution in [0.5, 0.6) is 23.0 Å². The number of aromatic nitrogens is 2. The quantitative estimate of drug-likeness (QED) is 0.191. The maximum Gasteiger partial charge on any atom is 0.416 e. The highest BCUT2D eigenvalue weighted by molar-refractivity contribution is 5.92. The number of alkyl halides is 6. The summed E-state index contributed by atoms with van der Waals surface area (Å²) >= 11 is 0. The highest BCUT2D eigenvalue weighted by atomic mass is 19.4. The molecule has 240 valence electrons. The molecule has 0 saturated heterocycles. The van der Waals surface area contributed by atoms with Crippen LogP contribution in [0.4, 0.5) is 26.3 Å². The number of hydrogen-bond donors (Lipinski definition) is 1. The van der Waals surface area contributed by atoms with Crippen molar-refractivity contribution >= 4 is 5.91 Å². The summed E-state index contributed by atoms with van der Waals surface area (Å²) in [6.45, 7) is -0.137. The van der Waals surface area contributed by atoms with Gasteiger partial charge in [-0.2, -0.15) is 26.3 Å². The first-order valence-corrected chi connectivity index (χ1v) is 13.9. The molecule has 0 bridgehead atoms. The molecular formula is C33H21F6N3O5. The summed E-state index contributed by atoms with van der Waals surface area (Å²) in [5.74, 6) is 0.837. The van der Waals surface area contributed by atoms with E-state index >= 15 is 0 Å². The number of imidazole rings is 1. The van der Waals surface area contributed by atoms with Crippen LogP contribution in [-0.4, -0.2) is 29.0 Å². The zero-order valence-corrected chi connectivity index (χ0v) is 23.9. The van der Waals surface area contributed by atoms with E-state index in [4.69, 9.17) is 29.7 Å². The maximum absolute atomic E-state index is 14.0. The Morgan fingerprint density at radius 3 is 1.77 bits per heavy atom.